The molecule has 12 rings (SSSR count). The number of hydrogen-bond donors (Lipinski definition) is 0. The molecule has 6 heteroatoms. The minimum Gasteiger partial charge on any atom is -0.456 e. The van der Waals surface area contributed by atoms with Crippen molar-refractivity contribution in [2.24, 2.45) is 0 Å². The molecule has 0 aliphatic carbocycles. The predicted molar refractivity (Wildman–Crippen MR) is 264 cm³/mol. The highest BCUT2D eigenvalue weighted by Gasteiger charge is 2.17. The van der Waals surface area contributed by atoms with Gasteiger partial charge in [0, 0.05) is 44.2 Å². The summed E-state index contributed by atoms with van der Waals surface area (Å²) in [6.07, 6.45) is 0. The van der Waals surface area contributed by atoms with E-state index in [0.29, 0.717) is 23.3 Å². The zero-order valence-corrected chi connectivity index (χ0v) is 35.0. The Kier molecular flexibility index (Phi) is 9.38. The second-order valence-corrected chi connectivity index (χ2v) is 16.1. The van der Waals surface area contributed by atoms with Crippen LogP contribution in [-0.4, -0.2) is 24.9 Å². The molecule has 3 heterocycles. The smallest absolute Gasteiger partial charge is 0.164 e. The topological polar surface area (TPSA) is 77.6 Å². The van der Waals surface area contributed by atoms with E-state index in [0.717, 1.165) is 94.3 Å². The zero-order chi connectivity index (χ0) is 43.1. The number of furan rings is 1. The average Bonchev–Trinajstić information content (AvgIpc) is 3.78. The van der Waals surface area contributed by atoms with Crippen LogP contribution in [-0.2, 0) is 0 Å². The molecule has 6 nitrogen and oxygen atoms in total. The molecule has 304 valence electrons. The highest BCUT2D eigenvalue weighted by Crippen LogP contribution is 2.38. The van der Waals surface area contributed by atoms with E-state index < -0.39 is 0 Å². The first-order valence-corrected chi connectivity index (χ1v) is 21.6. The van der Waals surface area contributed by atoms with Gasteiger partial charge in [-0.15, -0.1) is 0 Å². The second kappa shape index (κ2) is 16.1. The molecule has 0 amide bonds. The van der Waals surface area contributed by atoms with Crippen LogP contribution < -0.4 is 0 Å². The number of fused-ring (bicyclic) bond motifs is 5. The van der Waals surface area contributed by atoms with Crippen molar-refractivity contribution in [3.05, 3.63) is 224 Å². The Hall–Kier alpha value is -8.87. The molecule has 65 heavy (non-hydrogen) atoms. The zero-order valence-electron chi connectivity index (χ0n) is 35.0. The first-order chi connectivity index (χ1) is 32.2. The third-order valence-electron chi connectivity index (χ3n) is 11.9. The van der Waals surface area contributed by atoms with Crippen molar-refractivity contribution in [3.63, 3.8) is 0 Å². The lowest BCUT2D eigenvalue weighted by Crippen LogP contribution is -2.00. The lowest BCUT2D eigenvalue weighted by molar-refractivity contribution is 0.669. The SMILES string of the molecule is c1ccc(-c2ccc(-c3nc(-c4ccccc4)nc(-c4cccc(-c5cccc(-c6cc(-c7ccc8oc9ccc%10ccccc%10c9c8c7)nc(-c7ccccc7)n6)c5)c4)n3)cc2)cc1. The van der Waals surface area contributed by atoms with Crippen LogP contribution in [0.15, 0.2) is 229 Å². The van der Waals surface area contributed by atoms with Gasteiger partial charge in [0.05, 0.1) is 11.4 Å². The van der Waals surface area contributed by atoms with Crippen molar-refractivity contribution in [2.45, 2.75) is 0 Å². The number of rotatable bonds is 8. The Bertz CT molecular complexity index is 3700. The fourth-order valence-corrected chi connectivity index (χ4v) is 8.65. The molecule has 0 aliphatic heterocycles. The summed E-state index contributed by atoms with van der Waals surface area (Å²) in [6, 6.07) is 77.0. The lowest BCUT2D eigenvalue weighted by Gasteiger charge is -2.12. The Morgan fingerprint density at radius 1 is 0.246 bits per heavy atom. The summed E-state index contributed by atoms with van der Waals surface area (Å²) in [6.45, 7) is 0. The molecular weight excluding hydrogens is 795 g/mol. The van der Waals surface area contributed by atoms with E-state index in [2.05, 4.69) is 170 Å². The van der Waals surface area contributed by atoms with Crippen LogP contribution >= 0.6 is 0 Å². The predicted octanol–water partition coefficient (Wildman–Crippen LogP) is 15.1. The van der Waals surface area contributed by atoms with Crippen LogP contribution in [0.3, 0.4) is 0 Å². The fourth-order valence-electron chi connectivity index (χ4n) is 8.65. The van der Waals surface area contributed by atoms with Gasteiger partial charge in [0.25, 0.3) is 0 Å². The van der Waals surface area contributed by atoms with Crippen molar-refractivity contribution in [2.75, 3.05) is 0 Å². The number of aromatic nitrogens is 5. The molecule has 0 spiro atoms. The van der Waals surface area contributed by atoms with Crippen molar-refractivity contribution in [1.82, 2.24) is 24.9 Å². The van der Waals surface area contributed by atoms with Crippen LogP contribution in [0.5, 0.6) is 0 Å². The van der Waals surface area contributed by atoms with E-state index in [1.807, 2.05) is 54.6 Å². The van der Waals surface area contributed by atoms with Crippen LogP contribution in [0.2, 0.25) is 0 Å². The molecule has 0 atom stereocenters. The van der Waals surface area contributed by atoms with Gasteiger partial charge in [0.1, 0.15) is 11.2 Å². The van der Waals surface area contributed by atoms with Crippen LogP contribution in [0.25, 0.3) is 123 Å². The minimum atomic E-state index is 0.599. The molecule has 0 saturated heterocycles. The molecule has 0 saturated carbocycles. The maximum Gasteiger partial charge on any atom is 0.164 e. The van der Waals surface area contributed by atoms with Crippen LogP contribution in [0, 0.1) is 0 Å². The van der Waals surface area contributed by atoms with Gasteiger partial charge in [-0.3, -0.25) is 0 Å². The summed E-state index contributed by atoms with van der Waals surface area (Å²) in [5.41, 5.74) is 13.4. The molecule has 0 radical (unpaired) electrons. The van der Waals surface area contributed by atoms with E-state index in [1.54, 1.807) is 0 Å². The van der Waals surface area contributed by atoms with Crippen molar-refractivity contribution in [1.29, 1.82) is 0 Å². The van der Waals surface area contributed by atoms with Gasteiger partial charge in [0.2, 0.25) is 0 Å². The van der Waals surface area contributed by atoms with Gasteiger partial charge >= 0.3 is 0 Å². The Morgan fingerprint density at radius 3 is 1.34 bits per heavy atom. The third-order valence-corrected chi connectivity index (χ3v) is 11.9. The molecule has 0 bridgehead atoms. The quantitative estimate of drug-likeness (QED) is 0.152. The Balaban J connectivity index is 0.937. The molecule has 12 aromatic rings. The van der Waals surface area contributed by atoms with Gasteiger partial charge in [-0.1, -0.05) is 182 Å². The minimum absolute atomic E-state index is 0.599. The van der Waals surface area contributed by atoms with E-state index in [-0.39, 0.29) is 0 Å². The summed E-state index contributed by atoms with van der Waals surface area (Å²) in [5, 5.41) is 4.50. The monoisotopic (exact) mass is 831 g/mol. The largest absolute Gasteiger partial charge is 0.456 e. The molecule has 0 N–H and O–H groups in total. The molecule has 0 unspecified atom stereocenters. The molecule has 9 aromatic carbocycles. The lowest BCUT2D eigenvalue weighted by atomic mass is 9.98. The standard InChI is InChI=1S/C59H37N5O/c1-4-14-38(15-5-1)39-26-28-43(29-27-39)58-62-57(42-19-8-3-9-20-42)63-59(64-58)48-24-13-22-45(35-48)44-21-12-23-46(34-44)51-37-52(61-56(60-51)41-17-6-2-7-18-41)47-31-32-53-50(36-47)55-49-25-11-10-16-40(49)30-33-54(55)65-53/h1-37H. The second-order valence-electron chi connectivity index (χ2n) is 16.1. The van der Waals surface area contributed by atoms with Gasteiger partial charge < -0.3 is 4.42 Å². The highest BCUT2D eigenvalue weighted by atomic mass is 16.3. The molecule has 0 aliphatic rings. The van der Waals surface area contributed by atoms with E-state index in [4.69, 9.17) is 29.3 Å². The van der Waals surface area contributed by atoms with E-state index in [9.17, 15) is 0 Å². The third kappa shape index (κ3) is 7.29. The fraction of sp³-hybridized carbons (Fsp3) is 0. The average molecular weight is 832 g/mol. The van der Waals surface area contributed by atoms with Gasteiger partial charge in [-0.25, -0.2) is 24.9 Å². The van der Waals surface area contributed by atoms with E-state index in [1.165, 1.54) is 5.39 Å². The molecular formula is C59H37N5O. The Labute approximate surface area is 375 Å². The van der Waals surface area contributed by atoms with Crippen molar-refractivity contribution < 1.29 is 4.42 Å². The highest BCUT2D eigenvalue weighted by molar-refractivity contribution is 6.19. The van der Waals surface area contributed by atoms with Crippen LogP contribution in [0.4, 0.5) is 0 Å². The van der Waals surface area contributed by atoms with Crippen molar-refractivity contribution >= 4 is 32.7 Å². The van der Waals surface area contributed by atoms with Crippen LogP contribution in [0.1, 0.15) is 0 Å². The number of nitrogens with zero attached hydrogens (tertiary/aromatic N) is 5. The first-order valence-electron chi connectivity index (χ1n) is 21.6. The summed E-state index contributed by atoms with van der Waals surface area (Å²) in [5.74, 6) is 2.49. The van der Waals surface area contributed by atoms with Crippen molar-refractivity contribution in [3.8, 4) is 90.3 Å². The molecule has 3 aromatic heterocycles. The normalized spacial score (nSPS) is 11.4. The maximum atomic E-state index is 6.36. The first kappa shape index (κ1) is 37.9. The summed E-state index contributed by atoms with van der Waals surface area (Å²) >= 11 is 0. The summed E-state index contributed by atoms with van der Waals surface area (Å²) in [4.78, 5) is 25.5. The van der Waals surface area contributed by atoms with E-state index >= 15 is 0 Å². The van der Waals surface area contributed by atoms with Gasteiger partial charge in [0.15, 0.2) is 23.3 Å². The Morgan fingerprint density at radius 2 is 0.677 bits per heavy atom. The number of benzene rings is 9. The van der Waals surface area contributed by atoms with Gasteiger partial charge in [-0.05, 0) is 75.5 Å². The molecule has 0 fully saturated rings. The maximum absolute atomic E-state index is 6.36. The summed E-state index contributed by atoms with van der Waals surface area (Å²) < 4.78 is 6.36. The summed E-state index contributed by atoms with van der Waals surface area (Å²) in [7, 11) is 0. The van der Waals surface area contributed by atoms with Gasteiger partial charge in [-0.2, -0.15) is 0 Å². The number of hydrogen-bond acceptors (Lipinski definition) is 6.